The van der Waals surface area contributed by atoms with Gasteiger partial charge in [0.05, 0.1) is 6.17 Å². The van der Waals surface area contributed by atoms with Crippen molar-refractivity contribution >= 4 is 11.8 Å². The molecule has 0 aromatic heterocycles. The number of nitro groups is 1. The molecule has 3 aliphatic rings. The topological polar surface area (TPSA) is 70.4 Å². The molecule has 0 aromatic rings. The molecule has 1 aliphatic heterocycles. The van der Waals surface area contributed by atoms with Gasteiger partial charge >= 0.3 is 0 Å². The first-order valence-corrected chi connectivity index (χ1v) is 10.7. The van der Waals surface area contributed by atoms with Gasteiger partial charge in [0, 0.05) is 17.8 Å². The maximum Gasteiger partial charge on any atom is 0.213 e. The average Bonchev–Trinajstić information content (AvgIpc) is 2.97. The minimum atomic E-state index is -0.350. The van der Waals surface area contributed by atoms with Crippen molar-refractivity contribution < 1.29 is 4.92 Å². The summed E-state index contributed by atoms with van der Waals surface area (Å²) in [6.07, 6.45) is 12.2. The lowest BCUT2D eigenvalue weighted by molar-refractivity contribution is -0.528. The second kappa shape index (κ2) is 8.83. The van der Waals surface area contributed by atoms with Crippen LogP contribution in [0.15, 0.2) is 0 Å². The second-order valence-electron chi connectivity index (χ2n) is 7.78. The molecular formula is C17H32N4O2S. The Kier molecular flexibility index (Phi) is 6.78. The summed E-state index contributed by atoms with van der Waals surface area (Å²) in [7, 11) is 2.14. The maximum atomic E-state index is 11.1. The van der Waals surface area contributed by atoms with Crippen LogP contribution in [0, 0.1) is 22.0 Å². The molecule has 138 valence electrons. The van der Waals surface area contributed by atoms with Crippen molar-refractivity contribution in [2.45, 2.75) is 81.9 Å². The molecule has 0 aromatic carbocycles. The predicted molar refractivity (Wildman–Crippen MR) is 98.0 cm³/mol. The molecule has 2 N–H and O–H groups in total. The van der Waals surface area contributed by atoms with E-state index in [0.717, 1.165) is 25.2 Å². The quantitative estimate of drug-likeness (QED) is 0.563. The van der Waals surface area contributed by atoms with E-state index in [0.29, 0.717) is 12.3 Å². The monoisotopic (exact) mass is 356 g/mol. The van der Waals surface area contributed by atoms with E-state index in [4.69, 9.17) is 0 Å². The van der Waals surface area contributed by atoms with Crippen LogP contribution in [0.2, 0.25) is 0 Å². The highest BCUT2D eigenvalue weighted by Crippen LogP contribution is 2.33. The summed E-state index contributed by atoms with van der Waals surface area (Å²) in [5.74, 6) is 2.50. The zero-order valence-corrected chi connectivity index (χ0v) is 15.6. The predicted octanol–water partition coefficient (Wildman–Crippen LogP) is 3.17. The highest BCUT2D eigenvalue weighted by molar-refractivity contribution is 7.99. The van der Waals surface area contributed by atoms with E-state index in [1.54, 1.807) is 0 Å². The summed E-state index contributed by atoms with van der Waals surface area (Å²) in [5.41, 5.74) is 7.10. The molecule has 24 heavy (non-hydrogen) atoms. The van der Waals surface area contributed by atoms with Crippen molar-refractivity contribution in [3.8, 4) is 0 Å². The largest absolute Gasteiger partial charge is 0.264 e. The number of hydrogen-bond acceptors (Lipinski definition) is 6. The lowest BCUT2D eigenvalue weighted by atomic mass is 9.84. The Hall–Kier alpha value is -0.370. The zero-order valence-electron chi connectivity index (χ0n) is 14.8. The average molecular weight is 357 g/mol. The Morgan fingerprint density at radius 1 is 1.12 bits per heavy atom. The Balaban J connectivity index is 1.42. The van der Waals surface area contributed by atoms with E-state index in [2.05, 4.69) is 22.8 Å². The molecule has 2 aliphatic carbocycles. The standard InChI is InChI=1S/C17H32N4O2S/c1-20-16(14-8-5-9-15(12-14)21(22)23)18-19-17(20)24-11-10-13-6-3-2-4-7-13/h13-19H,2-12H2,1H3. The third-order valence-corrected chi connectivity index (χ3v) is 7.36. The fourth-order valence-electron chi connectivity index (χ4n) is 4.62. The summed E-state index contributed by atoms with van der Waals surface area (Å²) in [5, 5.41) is 11.1. The van der Waals surface area contributed by atoms with Crippen molar-refractivity contribution in [2.75, 3.05) is 12.8 Å². The van der Waals surface area contributed by atoms with Crippen LogP contribution in [-0.2, 0) is 0 Å². The molecule has 0 bridgehead atoms. The number of rotatable bonds is 6. The van der Waals surface area contributed by atoms with Gasteiger partial charge in [-0.05, 0) is 43.9 Å². The van der Waals surface area contributed by atoms with E-state index in [-0.39, 0.29) is 22.6 Å². The van der Waals surface area contributed by atoms with Crippen molar-refractivity contribution in [3.63, 3.8) is 0 Å². The van der Waals surface area contributed by atoms with Gasteiger partial charge in [0.25, 0.3) is 0 Å². The Bertz CT molecular complexity index is 419. The molecule has 1 saturated heterocycles. The van der Waals surface area contributed by atoms with Gasteiger partial charge in [0.2, 0.25) is 6.04 Å². The lowest BCUT2D eigenvalue weighted by Gasteiger charge is -2.33. The third kappa shape index (κ3) is 4.62. The van der Waals surface area contributed by atoms with Gasteiger partial charge in [-0.25, -0.2) is 10.9 Å². The molecule has 4 atom stereocenters. The molecule has 4 unspecified atom stereocenters. The van der Waals surface area contributed by atoms with Gasteiger partial charge in [-0.2, -0.15) is 0 Å². The molecule has 7 heteroatoms. The first-order valence-electron chi connectivity index (χ1n) is 9.63. The number of hydrogen-bond donors (Lipinski definition) is 2. The van der Waals surface area contributed by atoms with E-state index >= 15 is 0 Å². The first kappa shape index (κ1) is 18.4. The number of nitrogens with one attached hydrogen (secondary N) is 2. The fourth-order valence-corrected chi connectivity index (χ4v) is 5.83. The van der Waals surface area contributed by atoms with E-state index in [1.165, 1.54) is 44.3 Å². The van der Waals surface area contributed by atoms with Crippen LogP contribution in [0.1, 0.15) is 64.2 Å². The first-order chi connectivity index (χ1) is 11.6. The van der Waals surface area contributed by atoms with Crippen molar-refractivity contribution in [1.82, 2.24) is 15.8 Å². The molecular weight excluding hydrogens is 324 g/mol. The van der Waals surface area contributed by atoms with Crippen molar-refractivity contribution in [2.24, 2.45) is 11.8 Å². The van der Waals surface area contributed by atoms with Crippen LogP contribution in [0.3, 0.4) is 0 Å². The smallest absolute Gasteiger partial charge is 0.213 e. The summed E-state index contributed by atoms with van der Waals surface area (Å²) in [4.78, 5) is 13.4. The Labute approximate surface area is 149 Å². The fraction of sp³-hybridized carbons (Fsp3) is 1.00. The lowest BCUT2D eigenvalue weighted by Crippen LogP contribution is -2.45. The maximum absolute atomic E-state index is 11.1. The molecule has 2 saturated carbocycles. The van der Waals surface area contributed by atoms with Gasteiger partial charge in [0.15, 0.2) is 0 Å². The second-order valence-corrected chi connectivity index (χ2v) is 8.97. The number of nitrogens with zero attached hydrogens (tertiary/aromatic N) is 2. The highest BCUT2D eigenvalue weighted by atomic mass is 32.2. The Morgan fingerprint density at radius 3 is 2.67 bits per heavy atom. The van der Waals surface area contributed by atoms with Crippen molar-refractivity contribution in [1.29, 1.82) is 0 Å². The Morgan fingerprint density at radius 2 is 1.92 bits per heavy atom. The van der Waals surface area contributed by atoms with E-state index in [9.17, 15) is 10.1 Å². The van der Waals surface area contributed by atoms with E-state index < -0.39 is 0 Å². The van der Waals surface area contributed by atoms with Crippen LogP contribution < -0.4 is 10.9 Å². The van der Waals surface area contributed by atoms with Gasteiger partial charge in [-0.1, -0.05) is 32.1 Å². The molecule has 0 radical (unpaired) electrons. The van der Waals surface area contributed by atoms with Crippen molar-refractivity contribution in [3.05, 3.63) is 10.1 Å². The highest BCUT2D eigenvalue weighted by Gasteiger charge is 2.40. The zero-order chi connectivity index (χ0) is 16.9. The molecule has 3 rings (SSSR count). The van der Waals surface area contributed by atoms with Gasteiger partial charge in [-0.15, -0.1) is 11.8 Å². The minimum absolute atomic E-state index is 0.0784. The van der Waals surface area contributed by atoms with Crippen LogP contribution in [0.4, 0.5) is 0 Å². The van der Waals surface area contributed by atoms with Crippen LogP contribution >= 0.6 is 11.8 Å². The van der Waals surface area contributed by atoms with E-state index in [1.807, 2.05) is 11.8 Å². The minimum Gasteiger partial charge on any atom is -0.264 e. The van der Waals surface area contributed by atoms with Crippen LogP contribution in [0.25, 0.3) is 0 Å². The number of hydrazine groups is 1. The molecule has 3 fully saturated rings. The molecule has 1 heterocycles. The molecule has 0 spiro atoms. The number of thioether (sulfide) groups is 1. The van der Waals surface area contributed by atoms with Gasteiger partial charge < -0.3 is 0 Å². The van der Waals surface area contributed by atoms with Crippen LogP contribution in [-0.4, -0.2) is 40.3 Å². The summed E-state index contributed by atoms with van der Waals surface area (Å²) in [6.45, 7) is 0. The normalized spacial score (nSPS) is 36.0. The van der Waals surface area contributed by atoms with Gasteiger partial charge in [-0.3, -0.25) is 15.0 Å². The van der Waals surface area contributed by atoms with Gasteiger partial charge in [0.1, 0.15) is 5.50 Å². The summed E-state index contributed by atoms with van der Waals surface area (Å²) < 4.78 is 0. The molecule has 6 nitrogen and oxygen atoms in total. The summed E-state index contributed by atoms with van der Waals surface area (Å²) in [6, 6.07) is -0.350. The third-order valence-electron chi connectivity index (χ3n) is 6.12. The van der Waals surface area contributed by atoms with Crippen LogP contribution in [0.5, 0.6) is 0 Å². The molecule has 0 amide bonds. The summed E-state index contributed by atoms with van der Waals surface area (Å²) >= 11 is 1.98. The SMILES string of the molecule is CN1C(SCCC2CCCCC2)NNC1C1CCCC([N+](=O)[O-])C1.